The van der Waals surface area contributed by atoms with Crippen molar-refractivity contribution in [3.8, 4) is 5.75 Å². The first-order chi connectivity index (χ1) is 13.8. The lowest BCUT2D eigenvalue weighted by molar-refractivity contribution is -0.120. The third-order valence-corrected chi connectivity index (χ3v) is 7.74. The molecule has 0 aromatic heterocycles. The number of hydrogen-bond acceptors (Lipinski definition) is 5. The van der Waals surface area contributed by atoms with Gasteiger partial charge in [0.05, 0.1) is 22.9 Å². The van der Waals surface area contributed by atoms with E-state index in [1.54, 1.807) is 11.8 Å². The summed E-state index contributed by atoms with van der Waals surface area (Å²) in [6.45, 7) is 0.512. The molecule has 9 heteroatoms. The van der Waals surface area contributed by atoms with Crippen LogP contribution in [0.1, 0.15) is 12.8 Å². The van der Waals surface area contributed by atoms with Gasteiger partial charge in [-0.1, -0.05) is 17.7 Å². The number of piperidine rings is 1. The van der Waals surface area contributed by atoms with Crippen LogP contribution >= 0.6 is 23.4 Å². The van der Waals surface area contributed by atoms with Crippen molar-refractivity contribution in [3.63, 3.8) is 0 Å². The van der Waals surface area contributed by atoms with Crippen LogP contribution in [0.2, 0.25) is 5.02 Å². The number of nitrogens with zero attached hydrogens (tertiary/aromatic N) is 1. The molecule has 1 fully saturated rings. The maximum atomic E-state index is 13.0. The van der Waals surface area contributed by atoms with Crippen molar-refractivity contribution in [3.05, 3.63) is 47.5 Å². The van der Waals surface area contributed by atoms with Crippen LogP contribution in [0.4, 0.5) is 5.69 Å². The maximum Gasteiger partial charge on any atom is 0.243 e. The standard InChI is InChI=1S/C20H23ClN2O4S2/c1-27-19-9-8-17(12-18(19)21)29(25,26)23-10-4-5-14(13-23)20(24)22-15-6-3-7-16(11-15)28-2/h3,6-9,11-12,14H,4-5,10,13H2,1-2H3,(H,22,24). The van der Waals surface area contributed by atoms with Gasteiger partial charge in [-0.25, -0.2) is 8.42 Å². The van der Waals surface area contributed by atoms with E-state index in [0.717, 1.165) is 4.90 Å². The molecule has 1 amide bonds. The Morgan fingerprint density at radius 3 is 2.76 bits per heavy atom. The minimum absolute atomic E-state index is 0.0945. The summed E-state index contributed by atoms with van der Waals surface area (Å²) in [6.07, 6.45) is 3.23. The molecule has 1 aliphatic rings. The van der Waals surface area contributed by atoms with Crippen molar-refractivity contribution < 1.29 is 17.9 Å². The predicted molar refractivity (Wildman–Crippen MR) is 116 cm³/mol. The molecule has 1 N–H and O–H groups in total. The van der Waals surface area contributed by atoms with Crippen LogP contribution in [0.25, 0.3) is 0 Å². The highest BCUT2D eigenvalue weighted by atomic mass is 35.5. The van der Waals surface area contributed by atoms with Gasteiger partial charge in [0.25, 0.3) is 0 Å². The van der Waals surface area contributed by atoms with Crippen molar-refractivity contribution in [2.24, 2.45) is 5.92 Å². The second-order valence-corrected chi connectivity index (χ2v) is 9.94. The van der Waals surface area contributed by atoms with Gasteiger partial charge >= 0.3 is 0 Å². The highest BCUT2D eigenvalue weighted by Crippen LogP contribution is 2.30. The number of carbonyl (C=O) groups excluding carboxylic acids is 1. The molecule has 156 valence electrons. The van der Waals surface area contributed by atoms with Crippen LogP contribution < -0.4 is 10.1 Å². The number of thioether (sulfide) groups is 1. The second kappa shape index (κ2) is 9.38. The number of methoxy groups -OCH3 is 1. The summed E-state index contributed by atoms with van der Waals surface area (Å²) in [7, 11) is -2.28. The summed E-state index contributed by atoms with van der Waals surface area (Å²) in [6, 6.07) is 12.0. The molecule has 6 nitrogen and oxygen atoms in total. The number of amides is 1. The Labute approximate surface area is 180 Å². The Hall–Kier alpha value is -1.74. The topological polar surface area (TPSA) is 75.7 Å². The van der Waals surface area contributed by atoms with Crippen molar-refractivity contribution in [1.82, 2.24) is 4.31 Å². The predicted octanol–water partition coefficient (Wildman–Crippen LogP) is 4.11. The fraction of sp³-hybridized carbons (Fsp3) is 0.350. The SMILES string of the molecule is COc1ccc(S(=O)(=O)N2CCCC(C(=O)Nc3cccc(SC)c3)C2)cc1Cl. The van der Waals surface area contributed by atoms with Crippen LogP contribution in [0.15, 0.2) is 52.3 Å². The molecular weight excluding hydrogens is 432 g/mol. The van der Waals surface area contributed by atoms with Gasteiger partial charge in [0, 0.05) is 23.7 Å². The smallest absolute Gasteiger partial charge is 0.243 e. The number of halogens is 1. The minimum atomic E-state index is -3.75. The lowest BCUT2D eigenvalue weighted by atomic mass is 9.99. The van der Waals surface area contributed by atoms with Gasteiger partial charge in [-0.15, -0.1) is 11.8 Å². The van der Waals surface area contributed by atoms with Crippen molar-refractivity contribution in [2.45, 2.75) is 22.6 Å². The highest BCUT2D eigenvalue weighted by molar-refractivity contribution is 7.98. The number of anilines is 1. The number of carbonyl (C=O) groups is 1. The Balaban J connectivity index is 1.73. The molecular formula is C20H23ClN2O4S2. The number of sulfonamides is 1. The van der Waals surface area contributed by atoms with E-state index in [9.17, 15) is 13.2 Å². The first kappa shape index (κ1) is 22.0. The molecule has 1 heterocycles. The monoisotopic (exact) mass is 454 g/mol. The zero-order chi connectivity index (χ0) is 21.0. The van der Waals surface area contributed by atoms with Gasteiger partial charge in [0.15, 0.2) is 0 Å². The Morgan fingerprint density at radius 2 is 2.07 bits per heavy atom. The van der Waals surface area contributed by atoms with Crippen molar-refractivity contribution >= 4 is 45.0 Å². The van der Waals surface area contributed by atoms with E-state index < -0.39 is 15.9 Å². The fourth-order valence-corrected chi connectivity index (χ4v) is 5.61. The molecule has 0 spiro atoms. The third-order valence-electron chi connectivity index (χ3n) is 4.85. The van der Waals surface area contributed by atoms with Crippen LogP contribution in [-0.4, -0.2) is 45.1 Å². The molecule has 1 unspecified atom stereocenters. The molecule has 0 radical (unpaired) electrons. The molecule has 2 aromatic carbocycles. The largest absolute Gasteiger partial charge is 0.495 e. The Bertz CT molecular complexity index is 998. The Morgan fingerprint density at radius 1 is 1.28 bits per heavy atom. The minimum Gasteiger partial charge on any atom is -0.495 e. The molecule has 1 aliphatic heterocycles. The van der Waals surface area contributed by atoms with Gasteiger partial charge in [0.2, 0.25) is 15.9 Å². The van der Waals surface area contributed by atoms with Crippen molar-refractivity contribution in [1.29, 1.82) is 0 Å². The van der Waals surface area contributed by atoms with Crippen LogP contribution in [0.3, 0.4) is 0 Å². The van der Waals surface area contributed by atoms with Gasteiger partial charge in [-0.3, -0.25) is 4.79 Å². The van der Waals surface area contributed by atoms with E-state index in [0.29, 0.717) is 30.8 Å². The van der Waals surface area contributed by atoms with Gasteiger partial charge in [-0.05, 0) is 55.5 Å². The highest BCUT2D eigenvalue weighted by Gasteiger charge is 2.33. The van der Waals surface area contributed by atoms with Crippen molar-refractivity contribution in [2.75, 3.05) is 31.8 Å². The summed E-state index contributed by atoms with van der Waals surface area (Å²) in [4.78, 5) is 13.9. The number of ether oxygens (including phenoxy) is 1. The maximum absolute atomic E-state index is 13.0. The normalized spacial score (nSPS) is 17.7. The lowest BCUT2D eigenvalue weighted by Gasteiger charge is -2.31. The van der Waals surface area contributed by atoms with Crippen LogP contribution in [-0.2, 0) is 14.8 Å². The molecule has 0 saturated carbocycles. The summed E-state index contributed by atoms with van der Waals surface area (Å²) in [5, 5.41) is 3.14. The number of benzene rings is 2. The van der Waals surface area contributed by atoms with E-state index in [2.05, 4.69) is 5.32 Å². The average Bonchev–Trinajstić information content (AvgIpc) is 2.73. The number of rotatable bonds is 6. The first-order valence-corrected chi connectivity index (χ1v) is 12.2. The lowest BCUT2D eigenvalue weighted by Crippen LogP contribution is -2.43. The summed E-state index contributed by atoms with van der Waals surface area (Å²) in [5.41, 5.74) is 0.712. The van der Waals surface area contributed by atoms with E-state index in [-0.39, 0.29) is 22.4 Å². The van der Waals surface area contributed by atoms with E-state index in [4.69, 9.17) is 16.3 Å². The van der Waals surface area contributed by atoms with Gasteiger partial charge in [-0.2, -0.15) is 4.31 Å². The van der Waals surface area contributed by atoms with Gasteiger partial charge in [0.1, 0.15) is 5.75 Å². The fourth-order valence-electron chi connectivity index (χ4n) is 3.28. The van der Waals surface area contributed by atoms with E-state index >= 15 is 0 Å². The average molecular weight is 455 g/mol. The molecule has 3 rings (SSSR count). The molecule has 2 aromatic rings. The second-order valence-electron chi connectivity index (χ2n) is 6.72. The first-order valence-electron chi connectivity index (χ1n) is 9.13. The van der Waals surface area contributed by atoms with Crippen LogP contribution in [0, 0.1) is 5.92 Å². The quantitative estimate of drug-likeness (QED) is 0.665. The zero-order valence-corrected chi connectivity index (χ0v) is 18.6. The summed E-state index contributed by atoms with van der Waals surface area (Å²) >= 11 is 7.69. The van der Waals surface area contributed by atoms with E-state index in [1.807, 2.05) is 30.5 Å². The van der Waals surface area contributed by atoms with E-state index in [1.165, 1.54) is 29.6 Å². The molecule has 1 saturated heterocycles. The number of hydrogen-bond donors (Lipinski definition) is 1. The van der Waals surface area contributed by atoms with Crippen LogP contribution in [0.5, 0.6) is 5.75 Å². The summed E-state index contributed by atoms with van der Waals surface area (Å²) < 4.78 is 32.5. The number of nitrogens with one attached hydrogen (secondary N) is 1. The Kier molecular flexibility index (Phi) is 7.10. The molecule has 29 heavy (non-hydrogen) atoms. The molecule has 0 bridgehead atoms. The third kappa shape index (κ3) is 5.06. The summed E-state index contributed by atoms with van der Waals surface area (Å²) in [5.74, 6) is -0.171. The molecule has 0 aliphatic carbocycles. The van der Waals surface area contributed by atoms with Gasteiger partial charge < -0.3 is 10.1 Å². The molecule has 1 atom stereocenters. The zero-order valence-electron chi connectivity index (χ0n) is 16.2.